The summed E-state index contributed by atoms with van der Waals surface area (Å²) in [5.74, 6) is -0.796. The fourth-order valence-electron chi connectivity index (χ4n) is 2.41. The molecule has 1 aromatic rings. The van der Waals surface area contributed by atoms with Crippen LogP contribution in [-0.4, -0.2) is 22.5 Å². The molecule has 2 rings (SSSR count). The monoisotopic (exact) mass is 278 g/mol. The second-order valence-electron chi connectivity index (χ2n) is 5.39. The van der Waals surface area contributed by atoms with Crippen molar-refractivity contribution >= 4 is 11.6 Å². The van der Waals surface area contributed by atoms with Gasteiger partial charge in [-0.15, -0.1) is 0 Å². The fourth-order valence-corrected chi connectivity index (χ4v) is 2.41. The van der Waals surface area contributed by atoms with E-state index >= 15 is 0 Å². The van der Waals surface area contributed by atoms with Gasteiger partial charge in [-0.25, -0.2) is 0 Å². The van der Waals surface area contributed by atoms with Crippen LogP contribution in [-0.2, 0) is 0 Å². The predicted molar refractivity (Wildman–Crippen MR) is 73.7 cm³/mol. The molecular weight excluding hydrogens is 260 g/mol. The van der Waals surface area contributed by atoms with Crippen molar-refractivity contribution in [2.24, 2.45) is 5.41 Å². The molecule has 1 amide bonds. The van der Waals surface area contributed by atoms with Crippen LogP contribution in [0.5, 0.6) is 5.75 Å². The summed E-state index contributed by atoms with van der Waals surface area (Å²) in [4.78, 5) is 21.9. The van der Waals surface area contributed by atoms with Gasteiger partial charge >= 0.3 is 5.69 Å². The summed E-state index contributed by atoms with van der Waals surface area (Å²) in [5.41, 5.74) is 0.0827. The number of rotatable bonds is 6. The first kappa shape index (κ1) is 14.3. The van der Waals surface area contributed by atoms with Gasteiger partial charge in [-0.2, -0.15) is 0 Å². The molecule has 6 nitrogen and oxygen atoms in total. The average Bonchev–Trinajstić information content (AvgIpc) is 3.16. The van der Waals surface area contributed by atoms with Crippen LogP contribution >= 0.6 is 0 Å². The van der Waals surface area contributed by atoms with Gasteiger partial charge in [0.1, 0.15) is 0 Å². The smallest absolute Gasteiger partial charge is 0.310 e. The molecule has 1 aliphatic rings. The first-order valence-electron chi connectivity index (χ1n) is 6.73. The molecule has 0 heterocycles. The summed E-state index contributed by atoms with van der Waals surface area (Å²) in [5, 5.41) is 22.9. The number of aromatic hydroxyl groups is 1. The molecule has 2 N–H and O–H groups in total. The maximum Gasteiger partial charge on any atom is 0.310 e. The molecule has 20 heavy (non-hydrogen) atoms. The highest BCUT2D eigenvalue weighted by Crippen LogP contribution is 2.48. The number of hydrogen-bond acceptors (Lipinski definition) is 4. The minimum Gasteiger partial charge on any atom is -0.502 e. The highest BCUT2D eigenvalue weighted by molar-refractivity contribution is 5.95. The number of benzene rings is 1. The Kier molecular flexibility index (Phi) is 3.92. The zero-order valence-corrected chi connectivity index (χ0v) is 11.4. The number of phenols is 1. The van der Waals surface area contributed by atoms with E-state index in [0.29, 0.717) is 6.54 Å². The second kappa shape index (κ2) is 5.48. The second-order valence-corrected chi connectivity index (χ2v) is 5.39. The van der Waals surface area contributed by atoms with Crippen LogP contribution in [0.15, 0.2) is 18.2 Å². The predicted octanol–water partition coefficient (Wildman–Crippen LogP) is 2.61. The van der Waals surface area contributed by atoms with Crippen molar-refractivity contribution in [2.75, 3.05) is 6.54 Å². The summed E-state index contributed by atoms with van der Waals surface area (Å²) < 4.78 is 0. The zero-order valence-electron chi connectivity index (χ0n) is 11.4. The Hall–Kier alpha value is -2.11. The molecule has 1 saturated carbocycles. The molecule has 108 valence electrons. The van der Waals surface area contributed by atoms with Crippen molar-refractivity contribution in [2.45, 2.75) is 32.6 Å². The number of phenolic OH excluding ortho intramolecular Hbond substituents is 1. The summed E-state index contributed by atoms with van der Waals surface area (Å²) >= 11 is 0. The van der Waals surface area contributed by atoms with Crippen LogP contribution in [0.25, 0.3) is 0 Å². The fraction of sp³-hybridized carbons (Fsp3) is 0.500. The van der Waals surface area contributed by atoms with Crippen LogP contribution in [0, 0.1) is 15.5 Å². The van der Waals surface area contributed by atoms with Crippen LogP contribution < -0.4 is 5.32 Å². The zero-order chi connectivity index (χ0) is 14.8. The molecular formula is C14H18N2O4. The molecule has 1 aromatic carbocycles. The SMILES string of the molecule is CCCC1(CNC(=O)c2ccc([N+](=O)[O-])c(O)c2)CC1. The van der Waals surface area contributed by atoms with Crippen molar-refractivity contribution in [3.05, 3.63) is 33.9 Å². The van der Waals surface area contributed by atoms with Crippen molar-refractivity contribution in [1.29, 1.82) is 0 Å². The number of nitro groups is 1. The lowest BCUT2D eigenvalue weighted by atomic mass is 10.0. The molecule has 0 saturated heterocycles. The molecule has 1 aliphatic carbocycles. The largest absolute Gasteiger partial charge is 0.502 e. The van der Waals surface area contributed by atoms with Gasteiger partial charge < -0.3 is 10.4 Å². The molecule has 0 unspecified atom stereocenters. The summed E-state index contributed by atoms with van der Waals surface area (Å²) in [6.07, 6.45) is 4.45. The van der Waals surface area contributed by atoms with Gasteiger partial charge in [-0.3, -0.25) is 14.9 Å². The third-order valence-electron chi connectivity index (χ3n) is 3.80. The molecule has 0 bridgehead atoms. The van der Waals surface area contributed by atoms with Gasteiger partial charge in [0, 0.05) is 18.2 Å². The molecule has 0 spiro atoms. The van der Waals surface area contributed by atoms with Crippen molar-refractivity contribution in [3.8, 4) is 5.75 Å². The minimum absolute atomic E-state index is 0.236. The minimum atomic E-state index is -0.683. The molecule has 0 atom stereocenters. The number of nitrogens with zero attached hydrogens (tertiary/aromatic N) is 1. The maximum absolute atomic E-state index is 12.0. The van der Waals surface area contributed by atoms with Gasteiger partial charge in [-0.05, 0) is 36.8 Å². The Labute approximate surface area is 117 Å². The van der Waals surface area contributed by atoms with Crippen molar-refractivity contribution in [3.63, 3.8) is 0 Å². The van der Waals surface area contributed by atoms with Gasteiger partial charge in [0.15, 0.2) is 5.75 Å². The number of carbonyl (C=O) groups excluding carboxylic acids is 1. The lowest BCUT2D eigenvalue weighted by Gasteiger charge is -2.14. The molecule has 0 radical (unpaired) electrons. The van der Waals surface area contributed by atoms with Crippen LogP contribution in [0.1, 0.15) is 43.0 Å². The Bertz CT molecular complexity index is 538. The lowest BCUT2D eigenvalue weighted by Crippen LogP contribution is -2.30. The average molecular weight is 278 g/mol. The first-order valence-corrected chi connectivity index (χ1v) is 6.73. The summed E-state index contributed by atoms with van der Waals surface area (Å²) in [7, 11) is 0. The Balaban J connectivity index is 1.99. The van der Waals surface area contributed by atoms with Gasteiger partial charge in [0.05, 0.1) is 4.92 Å². The van der Waals surface area contributed by atoms with Gasteiger partial charge in [0.25, 0.3) is 5.91 Å². The maximum atomic E-state index is 12.0. The number of nitro benzene ring substituents is 1. The number of carbonyl (C=O) groups is 1. The molecule has 1 fully saturated rings. The van der Waals surface area contributed by atoms with E-state index in [2.05, 4.69) is 12.2 Å². The summed E-state index contributed by atoms with van der Waals surface area (Å²) in [6.45, 7) is 2.74. The lowest BCUT2D eigenvalue weighted by molar-refractivity contribution is -0.385. The van der Waals surface area contributed by atoms with E-state index in [-0.39, 0.29) is 16.9 Å². The van der Waals surface area contributed by atoms with Crippen molar-refractivity contribution < 1.29 is 14.8 Å². The molecule has 0 aliphatic heterocycles. The topological polar surface area (TPSA) is 92.5 Å². The summed E-state index contributed by atoms with van der Waals surface area (Å²) in [6, 6.07) is 3.63. The third-order valence-corrected chi connectivity index (χ3v) is 3.80. The van der Waals surface area contributed by atoms with E-state index < -0.39 is 16.4 Å². The van der Waals surface area contributed by atoms with E-state index in [1.807, 2.05) is 0 Å². The van der Waals surface area contributed by atoms with E-state index in [9.17, 15) is 20.0 Å². The number of amides is 1. The van der Waals surface area contributed by atoms with Crippen LogP contribution in [0.3, 0.4) is 0 Å². The number of nitrogens with one attached hydrogen (secondary N) is 1. The Morgan fingerprint density at radius 3 is 2.70 bits per heavy atom. The highest BCUT2D eigenvalue weighted by Gasteiger charge is 2.41. The van der Waals surface area contributed by atoms with E-state index in [1.54, 1.807) is 0 Å². The Morgan fingerprint density at radius 2 is 2.20 bits per heavy atom. The molecule has 0 aromatic heterocycles. The quantitative estimate of drug-likeness (QED) is 0.618. The normalized spacial score (nSPS) is 15.7. The highest BCUT2D eigenvalue weighted by atomic mass is 16.6. The Morgan fingerprint density at radius 1 is 1.50 bits per heavy atom. The van der Waals surface area contributed by atoms with Gasteiger partial charge in [0.2, 0.25) is 0 Å². The van der Waals surface area contributed by atoms with E-state index in [0.717, 1.165) is 37.8 Å². The van der Waals surface area contributed by atoms with Gasteiger partial charge in [-0.1, -0.05) is 13.3 Å². The third kappa shape index (κ3) is 3.07. The van der Waals surface area contributed by atoms with Crippen molar-refractivity contribution in [1.82, 2.24) is 5.32 Å². The van der Waals surface area contributed by atoms with Crippen LogP contribution in [0.4, 0.5) is 5.69 Å². The van der Waals surface area contributed by atoms with E-state index in [4.69, 9.17) is 0 Å². The number of hydrogen-bond donors (Lipinski definition) is 2. The molecule has 6 heteroatoms. The first-order chi connectivity index (χ1) is 9.47. The van der Waals surface area contributed by atoms with Crippen LogP contribution in [0.2, 0.25) is 0 Å². The van der Waals surface area contributed by atoms with E-state index in [1.165, 1.54) is 6.07 Å². The standard InChI is InChI=1S/C14H18N2O4/c1-2-5-14(6-7-14)9-15-13(18)10-3-4-11(16(19)20)12(17)8-10/h3-4,8,17H,2,5-7,9H2,1H3,(H,15,18).